The molecule has 0 saturated heterocycles. The predicted octanol–water partition coefficient (Wildman–Crippen LogP) is 3.61. The van der Waals surface area contributed by atoms with Crippen molar-refractivity contribution in [2.24, 2.45) is 11.7 Å². The van der Waals surface area contributed by atoms with Gasteiger partial charge in [-0.1, -0.05) is 49.1 Å². The van der Waals surface area contributed by atoms with Gasteiger partial charge in [0.25, 0.3) is 5.91 Å². The van der Waals surface area contributed by atoms with Crippen molar-refractivity contribution in [3.8, 4) is 0 Å². The van der Waals surface area contributed by atoms with Crippen LogP contribution >= 0.6 is 23.8 Å². The summed E-state index contributed by atoms with van der Waals surface area (Å²) in [5, 5.41) is 3.56. The molecule has 1 atom stereocenters. The first-order valence-corrected chi connectivity index (χ1v) is 8.14. The maximum Gasteiger partial charge on any atom is 0.252 e. The van der Waals surface area contributed by atoms with E-state index in [1.54, 1.807) is 12.1 Å². The van der Waals surface area contributed by atoms with Crippen LogP contribution in [0.2, 0.25) is 5.02 Å². The number of hydrogen-bond donors (Lipinski definition) is 2. The van der Waals surface area contributed by atoms with Crippen LogP contribution in [0.15, 0.2) is 18.2 Å². The third kappa shape index (κ3) is 4.17. The van der Waals surface area contributed by atoms with Gasteiger partial charge >= 0.3 is 0 Å². The van der Waals surface area contributed by atoms with Gasteiger partial charge in [-0.2, -0.15) is 0 Å². The second-order valence-corrected chi connectivity index (χ2v) is 6.62. The minimum Gasteiger partial charge on any atom is -0.392 e. The summed E-state index contributed by atoms with van der Waals surface area (Å²) in [6.07, 6.45) is 5.74. The van der Waals surface area contributed by atoms with Gasteiger partial charge in [0, 0.05) is 10.6 Å². The Hall–Kier alpha value is -1.13. The number of carbonyl (C=O) groups is 1. The third-order valence-electron chi connectivity index (χ3n) is 4.16. The first-order chi connectivity index (χ1) is 9.99. The molecule has 5 heteroatoms. The fraction of sp³-hybridized carbons (Fsp3) is 0.500. The molecule has 1 aromatic rings. The zero-order chi connectivity index (χ0) is 15.4. The minimum absolute atomic E-state index is 0.154. The van der Waals surface area contributed by atoms with E-state index < -0.39 is 0 Å². The van der Waals surface area contributed by atoms with E-state index in [-0.39, 0.29) is 11.9 Å². The number of hydrogen-bond acceptors (Lipinski definition) is 2. The maximum atomic E-state index is 12.5. The number of rotatable bonds is 4. The maximum absolute atomic E-state index is 12.5. The molecule has 21 heavy (non-hydrogen) atoms. The number of nitrogens with two attached hydrogens (primary N) is 1. The van der Waals surface area contributed by atoms with Gasteiger partial charge in [0.05, 0.1) is 11.0 Å². The van der Waals surface area contributed by atoms with Crippen molar-refractivity contribution in [1.82, 2.24) is 5.32 Å². The average molecular weight is 325 g/mol. The smallest absolute Gasteiger partial charge is 0.252 e. The Balaban J connectivity index is 2.14. The molecule has 1 aromatic carbocycles. The Morgan fingerprint density at radius 2 is 2.05 bits per heavy atom. The van der Waals surface area contributed by atoms with Crippen LogP contribution < -0.4 is 11.1 Å². The molecular formula is C16H21ClN2OS. The molecule has 0 bridgehead atoms. The predicted molar refractivity (Wildman–Crippen MR) is 90.8 cm³/mol. The summed E-state index contributed by atoms with van der Waals surface area (Å²) in [5.74, 6) is 0.193. The zero-order valence-electron chi connectivity index (χ0n) is 12.2. The lowest BCUT2D eigenvalue weighted by molar-refractivity contribution is 0.0931. The van der Waals surface area contributed by atoms with E-state index in [1.165, 1.54) is 19.3 Å². The van der Waals surface area contributed by atoms with Crippen LogP contribution in [-0.2, 0) is 0 Å². The molecule has 1 aliphatic carbocycles. The topological polar surface area (TPSA) is 55.1 Å². The second kappa shape index (κ2) is 7.23. The second-order valence-electron chi connectivity index (χ2n) is 5.71. The quantitative estimate of drug-likeness (QED) is 0.832. The first kappa shape index (κ1) is 16.2. The van der Waals surface area contributed by atoms with Crippen molar-refractivity contribution in [1.29, 1.82) is 0 Å². The normalized spacial score (nSPS) is 17.2. The van der Waals surface area contributed by atoms with Crippen molar-refractivity contribution >= 4 is 34.7 Å². The van der Waals surface area contributed by atoms with Gasteiger partial charge in [0.1, 0.15) is 0 Å². The van der Waals surface area contributed by atoms with E-state index in [4.69, 9.17) is 29.6 Å². The lowest BCUT2D eigenvalue weighted by atomic mass is 9.83. The van der Waals surface area contributed by atoms with Gasteiger partial charge in [0.15, 0.2) is 0 Å². The molecule has 3 nitrogen and oxygen atoms in total. The highest BCUT2D eigenvalue weighted by Crippen LogP contribution is 2.27. The van der Waals surface area contributed by atoms with E-state index in [0.717, 1.165) is 18.4 Å². The Labute approximate surface area is 136 Å². The molecule has 1 fully saturated rings. The number of halogens is 1. The highest BCUT2D eigenvalue weighted by Gasteiger charge is 2.27. The van der Waals surface area contributed by atoms with E-state index in [1.807, 2.05) is 13.0 Å². The lowest BCUT2D eigenvalue weighted by Gasteiger charge is -2.30. The Bertz CT molecular complexity index is 541. The largest absolute Gasteiger partial charge is 0.392 e. The molecule has 0 spiro atoms. The molecule has 114 valence electrons. The van der Waals surface area contributed by atoms with Crippen molar-refractivity contribution in [2.75, 3.05) is 0 Å². The molecular weight excluding hydrogens is 304 g/mol. The zero-order valence-corrected chi connectivity index (χ0v) is 13.8. The van der Waals surface area contributed by atoms with Crippen LogP contribution in [0.4, 0.5) is 0 Å². The van der Waals surface area contributed by atoms with Crippen LogP contribution in [0.5, 0.6) is 0 Å². The van der Waals surface area contributed by atoms with E-state index >= 15 is 0 Å². The van der Waals surface area contributed by atoms with E-state index in [2.05, 4.69) is 5.32 Å². The fourth-order valence-electron chi connectivity index (χ4n) is 2.95. The molecule has 0 aliphatic heterocycles. The average Bonchev–Trinajstić information content (AvgIpc) is 2.47. The molecule has 0 heterocycles. The molecule has 0 aromatic heterocycles. The van der Waals surface area contributed by atoms with Crippen molar-refractivity contribution in [2.45, 2.75) is 45.1 Å². The number of thiocarbonyl (C=S) groups is 1. The summed E-state index contributed by atoms with van der Waals surface area (Å²) in [4.78, 5) is 12.9. The first-order valence-electron chi connectivity index (χ1n) is 7.35. The molecule has 1 saturated carbocycles. The standard InChI is InChI=1S/C16H21ClN2OS/c1-10-7-8-12(17)9-13(10)16(20)19-14(15(18)21)11-5-3-2-4-6-11/h7-9,11,14H,2-6H2,1H3,(H2,18,21)(H,19,20). The van der Waals surface area contributed by atoms with Crippen LogP contribution in [0, 0.1) is 12.8 Å². The van der Waals surface area contributed by atoms with Gasteiger partial charge in [0.2, 0.25) is 0 Å². The van der Waals surface area contributed by atoms with Crippen LogP contribution in [0.25, 0.3) is 0 Å². The van der Waals surface area contributed by atoms with Crippen molar-refractivity contribution in [3.63, 3.8) is 0 Å². The summed E-state index contributed by atoms with van der Waals surface area (Å²) < 4.78 is 0. The SMILES string of the molecule is Cc1ccc(Cl)cc1C(=O)NC(C(N)=S)C1CCCCC1. The van der Waals surface area contributed by atoms with E-state index in [9.17, 15) is 4.79 Å². The summed E-state index contributed by atoms with van der Waals surface area (Å²) in [6.45, 7) is 1.89. The van der Waals surface area contributed by atoms with Gasteiger partial charge in [-0.3, -0.25) is 4.79 Å². The number of amides is 1. The monoisotopic (exact) mass is 324 g/mol. The number of aryl methyl sites for hydroxylation is 1. The summed E-state index contributed by atoms with van der Waals surface area (Å²) in [5.41, 5.74) is 7.33. The van der Waals surface area contributed by atoms with Crippen LogP contribution in [0.1, 0.15) is 48.0 Å². The fourth-order valence-corrected chi connectivity index (χ4v) is 3.37. The lowest BCUT2D eigenvalue weighted by Crippen LogP contribution is -2.49. The Morgan fingerprint density at radius 1 is 1.38 bits per heavy atom. The van der Waals surface area contributed by atoms with Crippen molar-refractivity contribution in [3.05, 3.63) is 34.3 Å². The molecule has 1 amide bonds. The summed E-state index contributed by atoms with van der Waals surface area (Å²) >= 11 is 11.1. The van der Waals surface area contributed by atoms with E-state index in [0.29, 0.717) is 21.5 Å². The van der Waals surface area contributed by atoms with Gasteiger partial charge in [-0.15, -0.1) is 0 Å². The Morgan fingerprint density at radius 3 is 2.67 bits per heavy atom. The molecule has 2 rings (SSSR count). The minimum atomic E-state index is -0.230. The van der Waals surface area contributed by atoms with Gasteiger partial charge in [-0.25, -0.2) is 0 Å². The summed E-state index contributed by atoms with van der Waals surface area (Å²) in [7, 11) is 0. The molecule has 1 unspecified atom stereocenters. The van der Waals surface area contributed by atoms with Crippen molar-refractivity contribution < 1.29 is 4.79 Å². The van der Waals surface area contributed by atoms with Crippen LogP contribution in [0.3, 0.4) is 0 Å². The van der Waals surface area contributed by atoms with Gasteiger partial charge in [-0.05, 0) is 43.4 Å². The summed E-state index contributed by atoms with van der Waals surface area (Å²) in [6, 6.07) is 5.07. The molecule has 3 N–H and O–H groups in total. The Kier molecular flexibility index (Phi) is 5.59. The highest BCUT2D eigenvalue weighted by molar-refractivity contribution is 7.80. The van der Waals surface area contributed by atoms with Gasteiger partial charge < -0.3 is 11.1 Å². The van der Waals surface area contributed by atoms with Crippen LogP contribution in [-0.4, -0.2) is 16.9 Å². The third-order valence-corrected chi connectivity index (χ3v) is 4.65. The molecule has 0 radical (unpaired) electrons. The molecule has 1 aliphatic rings. The number of nitrogens with one attached hydrogen (secondary N) is 1. The number of carbonyl (C=O) groups excluding carboxylic acids is 1. The highest BCUT2D eigenvalue weighted by atomic mass is 35.5. The number of benzene rings is 1.